The van der Waals surface area contributed by atoms with Crippen molar-refractivity contribution in [3.05, 3.63) is 102 Å². The molecule has 0 aliphatic carbocycles. The predicted molar refractivity (Wildman–Crippen MR) is 130 cm³/mol. The number of carbonyl (C=O) groups is 1. The molecule has 0 saturated carbocycles. The summed E-state index contributed by atoms with van der Waals surface area (Å²) in [6.07, 6.45) is -0.603. The van der Waals surface area contributed by atoms with E-state index >= 15 is 0 Å². The van der Waals surface area contributed by atoms with Gasteiger partial charge in [-0.25, -0.2) is 0 Å². The van der Waals surface area contributed by atoms with Gasteiger partial charge in [0, 0.05) is 16.3 Å². The summed E-state index contributed by atoms with van der Waals surface area (Å²) in [7, 11) is 0. The van der Waals surface area contributed by atoms with Gasteiger partial charge in [-0.3, -0.25) is 4.79 Å². The van der Waals surface area contributed by atoms with Crippen molar-refractivity contribution in [2.45, 2.75) is 30.6 Å². The quantitative estimate of drug-likeness (QED) is 0.328. The van der Waals surface area contributed by atoms with E-state index in [2.05, 4.69) is 35.6 Å². The molecule has 0 radical (unpaired) electrons. The lowest BCUT2D eigenvalue weighted by atomic mass is 10.1. The van der Waals surface area contributed by atoms with Gasteiger partial charge in [0.15, 0.2) is 6.10 Å². The number of hydrogen-bond acceptors (Lipinski definition) is 3. The van der Waals surface area contributed by atoms with Crippen molar-refractivity contribution < 1.29 is 9.53 Å². The van der Waals surface area contributed by atoms with E-state index < -0.39 is 6.10 Å². The molecule has 1 N–H and O–H groups in total. The first kappa shape index (κ1) is 21.0. The third-order valence-electron chi connectivity index (χ3n) is 5.10. The van der Waals surface area contributed by atoms with Crippen LogP contribution in [0.25, 0.3) is 10.8 Å². The summed E-state index contributed by atoms with van der Waals surface area (Å²) in [5, 5.41) is 5.23. The van der Waals surface area contributed by atoms with Gasteiger partial charge in [0.1, 0.15) is 5.75 Å². The normalized spacial score (nSPS) is 11.8. The van der Waals surface area contributed by atoms with E-state index in [1.807, 2.05) is 67.6 Å². The van der Waals surface area contributed by atoms with Gasteiger partial charge in [0.25, 0.3) is 5.91 Å². The van der Waals surface area contributed by atoms with E-state index in [1.54, 1.807) is 18.7 Å². The molecule has 4 heteroatoms. The minimum absolute atomic E-state index is 0.164. The Balaban J connectivity index is 1.36. The van der Waals surface area contributed by atoms with Crippen molar-refractivity contribution in [3.63, 3.8) is 0 Å². The van der Waals surface area contributed by atoms with Crippen LogP contribution in [0.1, 0.15) is 18.1 Å². The highest BCUT2D eigenvalue weighted by molar-refractivity contribution is 7.98. The standard InChI is InChI=1S/C27H25NO2S/c1-19-16-21(18-31-25-10-4-3-5-11-25)12-15-26(19)28-27(29)20(2)30-24-14-13-22-8-6-7-9-23(22)17-24/h3-17,20H,18H2,1-2H3,(H,28,29). The lowest BCUT2D eigenvalue weighted by molar-refractivity contribution is -0.122. The summed E-state index contributed by atoms with van der Waals surface area (Å²) < 4.78 is 5.89. The third kappa shape index (κ3) is 5.47. The van der Waals surface area contributed by atoms with Crippen LogP contribution >= 0.6 is 11.8 Å². The Morgan fingerprint density at radius 1 is 0.903 bits per heavy atom. The molecule has 0 spiro atoms. The van der Waals surface area contributed by atoms with Crippen molar-refractivity contribution in [1.82, 2.24) is 0 Å². The minimum Gasteiger partial charge on any atom is -0.481 e. The Morgan fingerprint density at radius 2 is 1.65 bits per heavy atom. The number of benzene rings is 4. The Bertz CT molecular complexity index is 1190. The number of fused-ring (bicyclic) bond motifs is 1. The third-order valence-corrected chi connectivity index (χ3v) is 6.18. The summed E-state index contributed by atoms with van der Waals surface area (Å²) in [4.78, 5) is 13.9. The lowest BCUT2D eigenvalue weighted by Crippen LogP contribution is -2.30. The second-order valence-corrected chi connectivity index (χ2v) is 8.56. The first-order chi connectivity index (χ1) is 15.1. The number of hydrogen-bond donors (Lipinski definition) is 1. The van der Waals surface area contributed by atoms with Crippen LogP contribution in [0.4, 0.5) is 5.69 Å². The zero-order valence-corrected chi connectivity index (χ0v) is 18.5. The highest BCUT2D eigenvalue weighted by atomic mass is 32.2. The molecule has 1 atom stereocenters. The van der Waals surface area contributed by atoms with Crippen LogP contribution in [0.3, 0.4) is 0 Å². The minimum atomic E-state index is -0.603. The summed E-state index contributed by atoms with van der Waals surface area (Å²) in [5.41, 5.74) is 3.08. The fourth-order valence-electron chi connectivity index (χ4n) is 3.37. The molecule has 0 aliphatic heterocycles. The molecular formula is C27H25NO2S. The highest BCUT2D eigenvalue weighted by Gasteiger charge is 2.16. The van der Waals surface area contributed by atoms with Gasteiger partial charge in [-0.2, -0.15) is 0 Å². The molecule has 156 valence electrons. The van der Waals surface area contributed by atoms with Crippen LogP contribution in [-0.2, 0) is 10.5 Å². The van der Waals surface area contributed by atoms with Crippen LogP contribution < -0.4 is 10.1 Å². The highest BCUT2D eigenvalue weighted by Crippen LogP contribution is 2.25. The number of rotatable bonds is 7. The molecule has 0 aliphatic rings. The van der Waals surface area contributed by atoms with E-state index in [0.29, 0.717) is 5.75 Å². The molecule has 0 heterocycles. The maximum Gasteiger partial charge on any atom is 0.265 e. The van der Waals surface area contributed by atoms with Gasteiger partial charge in [0.2, 0.25) is 0 Å². The first-order valence-electron chi connectivity index (χ1n) is 10.3. The van der Waals surface area contributed by atoms with E-state index in [4.69, 9.17) is 4.74 Å². The number of anilines is 1. The fourth-order valence-corrected chi connectivity index (χ4v) is 4.23. The molecule has 1 unspecified atom stereocenters. The number of aryl methyl sites for hydroxylation is 1. The smallest absolute Gasteiger partial charge is 0.265 e. The number of amides is 1. The molecule has 31 heavy (non-hydrogen) atoms. The Kier molecular flexibility index (Phi) is 6.58. The molecule has 4 aromatic rings. The number of nitrogens with one attached hydrogen (secondary N) is 1. The van der Waals surface area contributed by atoms with Gasteiger partial charge < -0.3 is 10.1 Å². The molecule has 0 aromatic heterocycles. The zero-order chi connectivity index (χ0) is 21.6. The van der Waals surface area contributed by atoms with E-state index in [9.17, 15) is 4.79 Å². The Hall–Kier alpha value is -3.24. The lowest BCUT2D eigenvalue weighted by Gasteiger charge is -2.16. The largest absolute Gasteiger partial charge is 0.481 e. The van der Waals surface area contributed by atoms with Crippen LogP contribution in [0.5, 0.6) is 5.75 Å². The molecule has 1 amide bonds. The Labute approximate surface area is 187 Å². The molecule has 0 fully saturated rings. The number of carbonyl (C=O) groups excluding carboxylic acids is 1. The summed E-state index contributed by atoms with van der Waals surface area (Å²) in [5.74, 6) is 1.41. The maximum absolute atomic E-state index is 12.7. The van der Waals surface area contributed by atoms with Crippen LogP contribution in [-0.4, -0.2) is 12.0 Å². The Morgan fingerprint density at radius 3 is 2.42 bits per heavy atom. The van der Waals surface area contributed by atoms with E-state index in [0.717, 1.165) is 27.8 Å². The van der Waals surface area contributed by atoms with Gasteiger partial charge in [-0.1, -0.05) is 60.7 Å². The SMILES string of the molecule is Cc1cc(CSc2ccccc2)ccc1NC(=O)C(C)Oc1ccc2ccccc2c1. The van der Waals surface area contributed by atoms with Crippen molar-refractivity contribution in [1.29, 1.82) is 0 Å². The zero-order valence-electron chi connectivity index (χ0n) is 17.7. The summed E-state index contributed by atoms with van der Waals surface area (Å²) in [6, 6.07) is 30.5. The van der Waals surface area contributed by atoms with Gasteiger partial charge >= 0.3 is 0 Å². The van der Waals surface area contributed by atoms with Crippen LogP contribution in [0, 0.1) is 6.92 Å². The van der Waals surface area contributed by atoms with Gasteiger partial charge in [-0.05, 0) is 66.1 Å². The van der Waals surface area contributed by atoms with Crippen molar-refractivity contribution in [2.24, 2.45) is 0 Å². The average molecular weight is 428 g/mol. The fraction of sp³-hybridized carbons (Fsp3) is 0.148. The first-order valence-corrected chi connectivity index (χ1v) is 11.3. The molecular weight excluding hydrogens is 402 g/mol. The van der Waals surface area contributed by atoms with Gasteiger partial charge in [0.05, 0.1) is 0 Å². The topological polar surface area (TPSA) is 38.3 Å². The second kappa shape index (κ2) is 9.71. The molecule has 0 bridgehead atoms. The predicted octanol–water partition coefficient (Wildman–Crippen LogP) is 6.85. The van der Waals surface area contributed by atoms with E-state index in [-0.39, 0.29) is 5.91 Å². The van der Waals surface area contributed by atoms with Gasteiger partial charge in [-0.15, -0.1) is 11.8 Å². The number of ether oxygens (including phenoxy) is 1. The van der Waals surface area contributed by atoms with Crippen LogP contribution in [0.15, 0.2) is 95.9 Å². The molecule has 0 saturated heterocycles. The van der Waals surface area contributed by atoms with Crippen molar-refractivity contribution in [2.75, 3.05) is 5.32 Å². The maximum atomic E-state index is 12.7. The molecule has 4 rings (SSSR count). The number of thioether (sulfide) groups is 1. The van der Waals surface area contributed by atoms with Crippen molar-refractivity contribution >= 4 is 34.1 Å². The summed E-state index contributed by atoms with van der Waals surface area (Å²) in [6.45, 7) is 3.78. The van der Waals surface area contributed by atoms with E-state index in [1.165, 1.54) is 10.5 Å². The molecule has 3 nitrogen and oxygen atoms in total. The monoisotopic (exact) mass is 427 g/mol. The van der Waals surface area contributed by atoms with Crippen molar-refractivity contribution in [3.8, 4) is 5.75 Å². The van der Waals surface area contributed by atoms with Crippen LogP contribution in [0.2, 0.25) is 0 Å². The average Bonchev–Trinajstić information content (AvgIpc) is 2.80. The second-order valence-electron chi connectivity index (χ2n) is 7.51. The summed E-state index contributed by atoms with van der Waals surface area (Å²) >= 11 is 1.80. The molecule has 4 aromatic carbocycles.